The number of nitrogens with zero attached hydrogens (tertiary/aromatic N) is 1. The fourth-order valence-electron chi connectivity index (χ4n) is 2.27. The number of halogens is 1. The number of hydrogen-bond acceptors (Lipinski definition) is 4. The van der Waals surface area contributed by atoms with Crippen molar-refractivity contribution in [2.75, 3.05) is 19.7 Å². The van der Waals surface area contributed by atoms with E-state index in [2.05, 4.69) is 0 Å². The van der Waals surface area contributed by atoms with Crippen molar-refractivity contribution in [3.8, 4) is 5.75 Å². The lowest BCUT2D eigenvalue weighted by Crippen LogP contribution is -2.38. The van der Waals surface area contributed by atoms with E-state index < -0.39 is 16.1 Å². The van der Waals surface area contributed by atoms with Gasteiger partial charge in [-0.05, 0) is 37.0 Å². The summed E-state index contributed by atoms with van der Waals surface area (Å²) >= 11 is 5.99. The molecule has 122 valence electrons. The van der Waals surface area contributed by atoms with E-state index in [1.807, 2.05) is 0 Å². The van der Waals surface area contributed by atoms with Crippen LogP contribution < -0.4 is 9.88 Å². The van der Waals surface area contributed by atoms with Crippen LogP contribution in [0.5, 0.6) is 5.75 Å². The molecule has 0 aliphatic carbocycles. The average molecular weight is 349 g/mol. The van der Waals surface area contributed by atoms with Crippen molar-refractivity contribution in [2.45, 2.75) is 17.7 Å². The van der Waals surface area contributed by atoms with Gasteiger partial charge in [-0.25, -0.2) is 18.4 Å². The predicted octanol–water partition coefficient (Wildman–Crippen LogP) is 1.76. The number of nitrogens with two attached hydrogens (primary N) is 1. The van der Waals surface area contributed by atoms with Crippen LogP contribution in [0.2, 0.25) is 5.02 Å². The fourth-order valence-corrected chi connectivity index (χ4v) is 3.11. The molecule has 1 aromatic carbocycles. The highest BCUT2D eigenvalue weighted by Crippen LogP contribution is 2.28. The van der Waals surface area contributed by atoms with Crippen LogP contribution in [0.3, 0.4) is 0 Å². The van der Waals surface area contributed by atoms with Gasteiger partial charge in [-0.15, -0.1) is 0 Å². The van der Waals surface area contributed by atoms with Gasteiger partial charge in [-0.2, -0.15) is 0 Å². The van der Waals surface area contributed by atoms with Crippen molar-refractivity contribution in [1.29, 1.82) is 0 Å². The summed E-state index contributed by atoms with van der Waals surface area (Å²) in [7, 11) is -3.79. The van der Waals surface area contributed by atoms with Crippen LogP contribution in [0.1, 0.15) is 12.8 Å². The number of rotatable bonds is 4. The molecule has 1 aromatic rings. The summed E-state index contributed by atoms with van der Waals surface area (Å²) < 4.78 is 28.0. The molecule has 0 saturated carbocycles. The maximum Gasteiger partial charge on any atom is 0.407 e. The molecule has 1 heterocycles. The molecule has 2 rings (SSSR count). The van der Waals surface area contributed by atoms with E-state index in [4.69, 9.17) is 26.6 Å². The number of sulfonamides is 1. The zero-order valence-corrected chi connectivity index (χ0v) is 13.3. The molecule has 0 bridgehead atoms. The summed E-state index contributed by atoms with van der Waals surface area (Å²) in [6.45, 7) is 1.38. The quantitative estimate of drug-likeness (QED) is 0.861. The standard InChI is InChI=1S/C13H17ClN2O5S/c14-11-7-10(22(15,19)20)1-2-12(11)21-8-9-3-5-16(6-4-9)13(17)18/h1-2,7,9H,3-6,8H2,(H,17,18)(H2,15,19,20). The number of likely N-dealkylation sites (tertiary alicyclic amines) is 1. The molecule has 1 amide bonds. The highest BCUT2D eigenvalue weighted by Gasteiger charge is 2.23. The Bertz CT molecular complexity index is 656. The number of amides is 1. The van der Waals surface area contributed by atoms with Gasteiger partial charge in [0.15, 0.2) is 0 Å². The van der Waals surface area contributed by atoms with Crippen molar-refractivity contribution in [1.82, 2.24) is 4.90 Å². The second-order valence-corrected chi connectivity index (χ2v) is 7.13. The second-order valence-electron chi connectivity index (χ2n) is 5.16. The minimum Gasteiger partial charge on any atom is -0.492 e. The average Bonchev–Trinajstić information content (AvgIpc) is 2.45. The molecule has 0 atom stereocenters. The van der Waals surface area contributed by atoms with E-state index in [0.717, 1.165) is 12.8 Å². The van der Waals surface area contributed by atoms with Gasteiger partial charge in [0.1, 0.15) is 5.75 Å². The highest BCUT2D eigenvalue weighted by molar-refractivity contribution is 7.89. The first-order valence-electron chi connectivity index (χ1n) is 6.70. The van der Waals surface area contributed by atoms with Gasteiger partial charge in [0, 0.05) is 13.1 Å². The Hall–Kier alpha value is -1.51. The van der Waals surface area contributed by atoms with Gasteiger partial charge in [0.25, 0.3) is 0 Å². The molecule has 1 aliphatic rings. The minimum absolute atomic E-state index is 0.0698. The Morgan fingerprint density at radius 2 is 2.05 bits per heavy atom. The molecular formula is C13H17ClN2O5S. The van der Waals surface area contributed by atoms with E-state index >= 15 is 0 Å². The number of ether oxygens (including phenoxy) is 1. The first-order chi connectivity index (χ1) is 10.3. The Labute approximate surface area is 133 Å². The molecule has 1 saturated heterocycles. The van der Waals surface area contributed by atoms with Gasteiger partial charge < -0.3 is 14.7 Å². The Morgan fingerprint density at radius 1 is 1.41 bits per heavy atom. The molecule has 0 radical (unpaired) electrons. The van der Waals surface area contributed by atoms with Gasteiger partial charge in [0.05, 0.1) is 16.5 Å². The SMILES string of the molecule is NS(=O)(=O)c1ccc(OCC2CCN(C(=O)O)CC2)c(Cl)c1. The van der Waals surface area contributed by atoms with E-state index in [1.54, 1.807) is 0 Å². The highest BCUT2D eigenvalue weighted by atomic mass is 35.5. The first kappa shape index (κ1) is 16.9. The van der Waals surface area contributed by atoms with Crippen LogP contribution in [0.4, 0.5) is 4.79 Å². The largest absolute Gasteiger partial charge is 0.492 e. The number of primary sulfonamides is 1. The topological polar surface area (TPSA) is 110 Å². The molecule has 0 unspecified atom stereocenters. The molecular weight excluding hydrogens is 332 g/mol. The Balaban J connectivity index is 1.92. The van der Waals surface area contributed by atoms with Gasteiger partial charge >= 0.3 is 6.09 Å². The van der Waals surface area contributed by atoms with Crippen LogP contribution >= 0.6 is 11.6 Å². The lowest BCUT2D eigenvalue weighted by Gasteiger charge is -2.29. The third-order valence-corrected chi connectivity index (χ3v) is 4.80. The van der Waals surface area contributed by atoms with Gasteiger partial charge in [0.2, 0.25) is 10.0 Å². The van der Waals surface area contributed by atoms with Crippen LogP contribution in [0.25, 0.3) is 0 Å². The van der Waals surface area contributed by atoms with Gasteiger partial charge in [-0.3, -0.25) is 0 Å². The Kier molecular flexibility index (Phi) is 5.15. The summed E-state index contributed by atoms with van der Waals surface area (Å²) in [6, 6.07) is 4.05. The number of benzene rings is 1. The molecule has 9 heteroatoms. The van der Waals surface area contributed by atoms with E-state index in [9.17, 15) is 13.2 Å². The Morgan fingerprint density at radius 3 is 2.55 bits per heavy atom. The minimum atomic E-state index is -3.79. The smallest absolute Gasteiger partial charge is 0.407 e. The van der Waals surface area contributed by atoms with Gasteiger partial charge in [-0.1, -0.05) is 11.6 Å². The van der Waals surface area contributed by atoms with E-state index in [-0.39, 0.29) is 15.8 Å². The van der Waals surface area contributed by atoms with Crippen LogP contribution in [0.15, 0.2) is 23.1 Å². The third kappa shape index (κ3) is 4.25. The molecule has 0 spiro atoms. The second kappa shape index (κ2) is 6.72. The van der Waals surface area contributed by atoms with Crippen LogP contribution in [-0.4, -0.2) is 44.2 Å². The summed E-state index contributed by atoms with van der Waals surface area (Å²) in [4.78, 5) is 12.1. The lowest BCUT2D eigenvalue weighted by molar-refractivity contribution is 0.111. The molecule has 7 nitrogen and oxygen atoms in total. The maximum absolute atomic E-state index is 11.2. The van der Waals surface area contributed by atoms with Crippen LogP contribution in [0, 0.1) is 5.92 Å². The summed E-state index contributed by atoms with van der Waals surface area (Å²) in [5, 5.41) is 14.1. The molecule has 22 heavy (non-hydrogen) atoms. The maximum atomic E-state index is 11.2. The van der Waals surface area contributed by atoms with E-state index in [1.165, 1.54) is 23.1 Å². The predicted molar refractivity (Wildman–Crippen MR) is 80.6 cm³/mol. The molecule has 0 aromatic heterocycles. The summed E-state index contributed by atoms with van der Waals surface area (Å²) in [5.74, 6) is 0.624. The number of hydrogen-bond donors (Lipinski definition) is 2. The van der Waals surface area contributed by atoms with E-state index in [0.29, 0.717) is 25.4 Å². The lowest BCUT2D eigenvalue weighted by atomic mass is 9.98. The molecule has 1 aliphatic heterocycles. The summed E-state index contributed by atoms with van der Waals surface area (Å²) in [5.41, 5.74) is 0. The number of piperidine rings is 1. The monoisotopic (exact) mass is 348 g/mol. The van der Waals surface area contributed by atoms with Crippen molar-refractivity contribution >= 4 is 27.7 Å². The van der Waals surface area contributed by atoms with Crippen molar-refractivity contribution < 1.29 is 23.1 Å². The van der Waals surface area contributed by atoms with Crippen LogP contribution in [-0.2, 0) is 10.0 Å². The fraction of sp³-hybridized carbons (Fsp3) is 0.462. The third-order valence-electron chi connectivity index (χ3n) is 3.59. The zero-order chi connectivity index (χ0) is 16.3. The van der Waals surface area contributed by atoms with Crippen molar-refractivity contribution in [2.24, 2.45) is 11.1 Å². The number of carbonyl (C=O) groups is 1. The zero-order valence-electron chi connectivity index (χ0n) is 11.7. The first-order valence-corrected chi connectivity index (χ1v) is 8.63. The van der Waals surface area contributed by atoms with Crippen molar-refractivity contribution in [3.05, 3.63) is 23.2 Å². The molecule has 1 fully saturated rings. The summed E-state index contributed by atoms with van der Waals surface area (Å²) in [6.07, 6.45) is 0.541. The molecule has 3 N–H and O–H groups in total. The van der Waals surface area contributed by atoms with Crippen molar-refractivity contribution in [3.63, 3.8) is 0 Å². The number of carboxylic acid groups (broad SMARTS) is 1. The normalized spacial score (nSPS) is 16.5.